The van der Waals surface area contributed by atoms with Crippen molar-refractivity contribution in [1.82, 2.24) is 16.0 Å². The van der Waals surface area contributed by atoms with E-state index in [1.165, 1.54) is 0 Å². The molecule has 0 aromatic heterocycles. The summed E-state index contributed by atoms with van der Waals surface area (Å²) in [5, 5.41) is 8.80. The number of ether oxygens (including phenoxy) is 4. The Labute approximate surface area is 267 Å². The fraction of sp³-hybridized carbons (Fsp3) is 0.645. The Balaban J connectivity index is 2.94. The predicted molar refractivity (Wildman–Crippen MR) is 166 cm³/mol. The number of rotatable bonds is 14. The van der Waals surface area contributed by atoms with Gasteiger partial charge in [0.15, 0.2) is 0 Å². The van der Waals surface area contributed by atoms with Gasteiger partial charge in [-0.1, -0.05) is 0 Å². The minimum atomic E-state index is -1.16. The molecule has 0 bridgehead atoms. The third-order valence-electron chi connectivity index (χ3n) is 5.23. The molecule has 1 aromatic carbocycles. The van der Waals surface area contributed by atoms with Gasteiger partial charge in [0.2, 0.25) is 0 Å². The fourth-order valence-electron chi connectivity index (χ4n) is 3.47. The van der Waals surface area contributed by atoms with Crippen LogP contribution < -0.4 is 20.7 Å². The molecule has 0 saturated heterocycles. The van der Waals surface area contributed by atoms with Crippen molar-refractivity contribution in [2.24, 2.45) is 0 Å². The van der Waals surface area contributed by atoms with Gasteiger partial charge in [0, 0.05) is 0 Å². The summed E-state index contributed by atoms with van der Waals surface area (Å²) in [6.45, 7) is 14.9. The number of carbonyl (C=O) groups excluding carboxylic acids is 5. The van der Waals surface area contributed by atoms with Crippen LogP contribution in [0.5, 0.6) is 5.75 Å². The van der Waals surface area contributed by atoms with Crippen LogP contribution in [-0.4, -0.2) is 87.3 Å². The Morgan fingerprint density at radius 2 is 1.34 bits per heavy atom. The maximum absolute atomic E-state index is 13.1. The van der Waals surface area contributed by atoms with Crippen LogP contribution >= 0.6 is 0 Å². The van der Waals surface area contributed by atoms with Gasteiger partial charge in [0.25, 0.3) is 0 Å². The second-order valence-corrected chi connectivity index (χ2v) is 15.2. The van der Waals surface area contributed by atoms with E-state index in [2.05, 4.69) is 16.0 Å². The molecule has 13 heteroatoms. The van der Waals surface area contributed by atoms with Crippen LogP contribution in [0.15, 0.2) is 24.3 Å². The average molecular weight is 687 g/mol. The van der Waals surface area contributed by atoms with Gasteiger partial charge in [-0.05, 0) is 0 Å². The second-order valence-electron chi connectivity index (χ2n) is 13.1. The van der Waals surface area contributed by atoms with Crippen LogP contribution in [0.4, 0.5) is 4.79 Å². The van der Waals surface area contributed by atoms with Gasteiger partial charge in [0.05, 0.1) is 0 Å². The maximum atomic E-state index is 13.1. The van der Waals surface area contributed by atoms with E-state index in [1.54, 1.807) is 69.4 Å². The van der Waals surface area contributed by atoms with Crippen LogP contribution in [0.1, 0.15) is 80.7 Å². The van der Waals surface area contributed by atoms with Crippen LogP contribution in [0.3, 0.4) is 0 Å². The molecule has 0 aliphatic carbocycles. The van der Waals surface area contributed by atoms with Gasteiger partial charge < -0.3 is 0 Å². The molecule has 248 valence electrons. The standard InChI is InChI=1S/C31H49N3O9Se/c1-29(2,3)41-25(36)17-32-26(37)23(19-44-18-20-11-13-21(40-10)14-12-20)33-24(35)16-15-22(27(38)42-30(4,5)6)34-28(39)43-31(7,8)9/h11-14,22-23H,15-19H2,1-10H3,(H,32,37)(H,33,35)(H,34,39)/t22-,23-/m0/s1. The summed E-state index contributed by atoms with van der Waals surface area (Å²) in [5.74, 6) is -1.63. The first-order chi connectivity index (χ1) is 20.2. The van der Waals surface area contributed by atoms with Gasteiger partial charge in [-0.3, -0.25) is 0 Å². The second kappa shape index (κ2) is 17.2. The molecule has 12 nitrogen and oxygen atoms in total. The van der Waals surface area contributed by atoms with Gasteiger partial charge in [-0.15, -0.1) is 0 Å². The Kier molecular flexibility index (Phi) is 15.2. The summed E-state index contributed by atoms with van der Waals surface area (Å²) in [5.41, 5.74) is -1.28. The number of hydrogen-bond donors (Lipinski definition) is 3. The minimum absolute atomic E-state index is 0.0902. The molecule has 0 unspecified atom stereocenters. The molecule has 2 atom stereocenters. The molecule has 0 aliphatic rings. The first-order valence-corrected chi connectivity index (χ1v) is 16.8. The fourth-order valence-corrected chi connectivity index (χ4v) is 5.61. The Morgan fingerprint density at radius 1 is 0.773 bits per heavy atom. The topological polar surface area (TPSA) is 158 Å². The quantitative estimate of drug-likeness (QED) is 0.152. The third kappa shape index (κ3) is 17.7. The number of amides is 3. The zero-order valence-electron chi connectivity index (χ0n) is 27.6. The van der Waals surface area contributed by atoms with Crippen molar-refractivity contribution >= 4 is 44.8 Å². The van der Waals surface area contributed by atoms with Crippen LogP contribution in [0.25, 0.3) is 0 Å². The van der Waals surface area contributed by atoms with Gasteiger partial charge in [0.1, 0.15) is 0 Å². The third-order valence-corrected chi connectivity index (χ3v) is 7.55. The zero-order valence-corrected chi connectivity index (χ0v) is 29.3. The molecular weight excluding hydrogens is 637 g/mol. The number of methoxy groups -OCH3 is 1. The van der Waals surface area contributed by atoms with Crippen molar-refractivity contribution in [2.45, 2.75) is 115 Å². The Bertz CT molecular complexity index is 1120. The monoisotopic (exact) mass is 687 g/mol. The molecule has 0 fully saturated rings. The number of hydrogen-bond acceptors (Lipinski definition) is 9. The molecule has 1 aromatic rings. The molecule has 0 spiro atoms. The number of alkyl carbamates (subject to hydrolysis) is 1. The van der Waals surface area contributed by atoms with Gasteiger partial charge in [-0.2, -0.15) is 0 Å². The summed E-state index contributed by atoms with van der Waals surface area (Å²) in [7, 11) is 1.59. The van der Waals surface area contributed by atoms with Crippen molar-refractivity contribution < 1.29 is 42.9 Å². The molecule has 0 heterocycles. The molecule has 0 radical (unpaired) electrons. The van der Waals surface area contributed by atoms with E-state index >= 15 is 0 Å². The Hall–Kier alpha value is -3.31. The van der Waals surface area contributed by atoms with E-state index < -0.39 is 58.7 Å². The van der Waals surface area contributed by atoms with Crippen molar-refractivity contribution in [3.8, 4) is 5.75 Å². The summed E-state index contributed by atoms with van der Waals surface area (Å²) >= 11 is -0.0902. The van der Waals surface area contributed by atoms with E-state index in [9.17, 15) is 24.0 Å². The number of carbonyl (C=O) groups is 5. The van der Waals surface area contributed by atoms with Crippen molar-refractivity contribution in [3.63, 3.8) is 0 Å². The summed E-state index contributed by atoms with van der Waals surface area (Å²) < 4.78 is 21.1. The number of nitrogens with one attached hydrogen (secondary N) is 3. The van der Waals surface area contributed by atoms with Gasteiger partial charge >= 0.3 is 268 Å². The van der Waals surface area contributed by atoms with E-state index in [1.807, 2.05) is 24.3 Å². The predicted octanol–water partition coefficient (Wildman–Crippen LogP) is 3.28. The summed E-state index contributed by atoms with van der Waals surface area (Å²) in [4.78, 5) is 63.5. The number of esters is 2. The normalized spacial score (nSPS) is 13.1. The molecule has 3 N–H and O–H groups in total. The van der Waals surface area contributed by atoms with Crippen molar-refractivity contribution in [3.05, 3.63) is 29.8 Å². The van der Waals surface area contributed by atoms with Gasteiger partial charge in [-0.25, -0.2) is 0 Å². The average Bonchev–Trinajstić information content (AvgIpc) is 2.86. The van der Waals surface area contributed by atoms with Crippen molar-refractivity contribution in [1.29, 1.82) is 0 Å². The molecule has 44 heavy (non-hydrogen) atoms. The molecule has 3 amide bonds. The van der Waals surface area contributed by atoms with Crippen LogP contribution in [-0.2, 0) is 38.7 Å². The first-order valence-electron chi connectivity index (χ1n) is 14.4. The van der Waals surface area contributed by atoms with E-state index in [-0.39, 0.29) is 34.3 Å². The molecule has 0 saturated carbocycles. The zero-order chi connectivity index (χ0) is 33.7. The summed E-state index contributed by atoms with van der Waals surface area (Å²) in [6.07, 6.45) is -1.11. The van der Waals surface area contributed by atoms with Crippen molar-refractivity contribution in [2.75, 3.05) is 13.7 Å². The van der Waals surface area contributed by atoms with Crippen LogP contribution in [0, 0.1) is 0 Å². The molecular formula is C31H49N3O9Se. The number of benzene rings is 1. The Morgan fingerprint density at radius 3 is 1.86 bits per heavy atom. The van der Waals surface area contributed by atoms with E-state index in [0.717, 1.165) is 11.3 Å². The first kappa shape index (κ1) is 38.7. The van der Waals surface area contributed by atoms with E-state index in [4.69, 9.17) is 18.9 Å². The summed E-state index contributed by atoms with van der Waals surface area (Å²) in [6, 6.07) is 5.49. The van der Waals surface area contributed by atoms with Crippen LogP contribution in [0.2, 0.25) is 5.32 Å². The molecule has 1 rings (SSSR count). The SMILES string of the molecule is COc1ccc(C[Se]C[C@H](NC(=O)CC[C@H](NC(=O)OC(C)(C)C)C(=O)OC(C)(C)C)C(=O)NCC(=O)OC(C)(C)C)cc1. The molecule has 0 aliphatic heterocycles. The van der Waals surface area contributed by atoms with E-state index in [0.29, 0.717) is 10.6 Å².